The molecule has 1 heterocycles. The van der Waals surface area contributed by atoms with Crippen molar-refractivity contribution >= 4 is 28.4 Å². The first-order chi connectivity index (χ1) is 13.5. The highest BCUT2D eigenvalue weighted by Gasteiger charge is 2.25. The Bertz CT molecular complexity index is 1010. The average Bonchev–Trinajstić information content (AvgIpc) is 2.73. The van der Waals surface area contributed by atoms with Crippen LogP contribution in [0, 0.1) is 6.92 Å². The predicted octanol–water partition coefficient (Wildman–Crippen LogP) is 6.27. The molecule has 4 rings (SSSR count). The third-order valence-corrected chi connectivity index (χ3v) is 6.03. The number of amides is 1. The van der Waals surface area contributed by atoms with Crippen LogP contribution in [-0.4, -0.2) is 28.9 Å². The maximum absolute atomic E-state index is 13.5. The van der Waals surface area contributed by atoms with Gasteiger partial charge in [-0.15, -0.1) is 0 Å². The Morgan fingerprint density at radius 2 is 1.75 bits per heavy atom. The molecule has 28 heavy (non-hydrogen) atoms. The van der Waals surface area contributed by atoms with Crippen LogP contribution in [0.2, 0.25) is 5.02 Å². The zero-order valence-corrected chi connectivity index (χ0v) is 17.2. The van der Waals surface area contributed by atoms with Gasteiger partial charge in [0, 0.05) is 29.1 Å². The lowest BCUT2D eigenvalue weighted by atomic mass is 9.93. The maximum Gasteiger partial charge on any atom is 0.254 e. The summed E-state index contributed by atoms with van der Waals surface area (Å²) in [4.78, 5) is 20.2. The lowest BCUT2D eigenvalue weighted by Gasteiger charge is -2.31. The van der Waals surface area contributed by atoms with Gasteiger partial charge in [0.2, 0.25) is 0 Å². The van der Waals surface area contributed by atoms with Crippen LogP contribution in [0.4, 0.5) is 0 Å². The van der Waals surface area contributed by atoms with Crippen molar-refractivity contribution in [3.8, 4) is 11.3 Å². The van der Waals surface area contributed by atoms with Crippen molar-refractivity contribution in [3.63, 3.8) is 0 Å². The normalized spacial score (nSPS) is 15.0. The summed E-state index contributed by atoms with van der Waals surface area (Å²) in [6.45, 7) is 2.05. The van der Waals surface area contributed by atoms with Crippen LogP contribution >= 0.6 is 11.6 Å². The second kappa shape index (κ2) is 7.92. The molecule has 3 nitrogen and oxygen atoms in total. The quantitative estimate of drug-likeness (QED) is 0.526. The third kappa shape index (κ3) is 3.77. The molecule has 4 heteroatoms. The van der Waals surface area contributed by atoms with Crippen molar-refractivity contribution in [2.24, 2.45) is 0 Å². The lowest BCUT2D eigenvalue weighted by molar-refractivity contribution is 0.0698. The Labute approximate surface area is 171 Å². The number of carbonyl (C=O) groups excluding carboxylic acids is 1. The van der Waals surface area contributed by atoms with Gasteiger partial charge in [0.25, 0.3) is 5.91 Å². The first-order valence-electron chi connectivity index (χ1n) is 9.97. The molecule has 0 aliphatic heterocycles. The molecule has 1 fully saturated rings. The number of nitrogens with zero attached hydrogens (tertiary/aromatic N) is 2. The molecule has 1 saturated carbocycles. The van der Waals surface area contributed by atoms with Gasteiger partial charge in [0.1, 0.15) is 0 Å². The molecular formula is C24H25ClN2O. The van der Waals surface area contributed by atoms with Crippen LogP contribution in [0.25, 0.3) is 22.2 Å². The van der Waals surface area contributed by atoms with Crippen LogP contribution in [0.3, 0.4) is 0 Å². The Balaban J connectivity index is 1.81. The Hall–Kier alpha value is -2.39. The van der Waals surface area contributed by atoms with E-state index in [4.69, 9.17) is 16.6 Å². The van der Waals surface area contributed by atoms with Gasteiger partial charge in [-0.1, -0.05) is 54.6 Å². The van der Waals surface area contributed by atoms with E-state index in [1.807, 2.05) is 61.3 Å². The number of carbonyl (C=O) groups is 1. The number of rotatable bonds is 3. The van der Waals surface area contributed by atoms with E-state index in [1.165, 1.54) is 19.3 Å². The number of fused-ring (bicyclic) bond motifs is 1. The minimum Gasteiger partial charge on any atom is -0.339 e. The molecule has 0 radical (unpaired) electrons. The molecule has 1 aliphatic carbocycles. The van der Waals surface area contributed by atoms with Crippen molar-refractivity contribution in [3.05, 3.63) is 64.7 Å². The summed E-state index contributed by atoms with van der Waals surface area (Å²) in [6, 6.07) is 16.0. The molecule has 0 bridgehead atoms. The minimum atomic E-state index is 0.0834. The molecule has 1 aliphatic rings. The second-order valence-corrected chi connectivity index (χ2v) is 8.23. The summed E-state index contributed by atoms with van der Waals surface area (Å²) in [6.07, 6.45) is 5.86. The monoisotopic (exact) mass is 392 g/mol. The zero-order chi connectivity index (χ0) is 19.7. The molecular weight excluding hydrogens is 368 g/mol. The highest BCUT2D eigenvalue weighted by Crippen LogP contribution is 2.29. The molecule has 0 spiro atoms. The number of aromatic nitrogens is 1. The smallest absolute Gasteiger partial charge is 0.254 e. The van der Waals surface area contributed by atoms with E-state index in [1.54, 1.807) is 0 Å². The fraction of sp³-hybridized carbons (Fsp3) is 0.333. The Kier molecular flexibility index (Phi) is 5.36. The first kappa shape index (κ1) is 18.9. The zero-order valence-electron chi connectivity index (χ0n) is 16.4. The Morgan fingerprint density at radius 3 is 2.46 bits per heavy atom. The van der Waals surface area contributed by atoms with Gasteiger partial charge >= 0.3 is 0 Å². The van der Waals surface area contributed by atoms with E-state index >= 15 is 0 Å². The van der Waals surface area contributed by atoms with Crippen LogP contribution in [0.15, 0.2) is 48.5 Å². The van der Waals surface area contributed by atoms with Gasteiger partial charge in [-0.25, -0.2) is 4.98 Å². The molecule has 3 aromatic rings. The topological polar surface area (TPSA) is 33.2 Å². The molecule has 2 aromatic carbocycles. The number of benzene rings is 2. The summed E-state index contributed by atoms with van der Waals surface area (Å²) in [5, 5.41) is 1.61. The minimum absolute atomic E-state index is 0.0834. The largest absolute Gasteiger partial charge is 0.339 e. The summed E-state index contributed by atoms with van der Waals surface area (Å²) >= 11 is 6.04. The van der Waals surface area contributed by atoms with Gasteiger partial charge in [0.15, 0.2) is 0 Å². The SMILES string of the molecule is Cc1ccc2nc(-c3ccc(Cl)cc3)cc(C(=O)N(C)C3CCCCC3)c2c1. The number of aryl methyl sites for hydroxylation is 1. The summed E-state index contributed by atoms with van der Waals surface area (Å²) < 4.78 is 0. The van der Waals surface area contributed by atoms with Gasteiger partial charge in [-0.3, -0.25) is 4.79 Å². The number of halogens is 1. The highest BCUT2D eigenvalue weighted by molar-refractivity contribution is 6.30. The predicted molar refractivity (Wildman–Crippen MR) is 116 cm³/mol. The van der Waals surface area contributed by atoms with E-state index in [0.29, 0.717) is 11.1 Å². The van der Waals surface area contributed by atoms with E-state index in [-0.39, 0.29) is 5.91 Å². The van der Waals surface area contributed by atoms with E-state index < -0.39 is 0 Å². The van der Waals surface area contributed by atoms with Crippen molar-refractivity contribution in [1.82, 2.24) is 9.88 Å². The first-order valence-corrected chi connectivity index (χ1v) is 10.4. The molecule has 1 amide bonds. The number of hydrogen-bond acceptors (Lipinski definition) is 2. The maximum atomic E-state index is 13.5. The van der Waals surface area contributed by atoms with E-state index in [2.05, 4.69) is 6.07 Å². The third-order valence-electron chi connectivity index (χ3n) is 5.78. The Morgan fingerprint density at radius 1 is 1.04 bits per heavy atom. The van der Waals surface area contributed by atoms with Crippen molar-refractivity contribution in [2.75, 3.05) is 7.05 Å². The van der Waals surface area contributed by atoms with Gasteiger partial charge < -0.3 is 4.90 Å². The van der Waals surface area contributed by atoms with Gasteiger partial charge in [0.05, 0.1) is 16.8 Å². The van der Waals surface area contributed by atoms with E-state index in [0.717, 1.165) is 46.1 Å². The fourth-order valence-corrected chi connectivity index (χ4v) is 4.24. The molecule has 1 aromatic heterocycles. The van der Waals surface area contributed by atoms with Crippen LogP contribution < -0.4 is 0 Å². The van der Waals surface area contributed by atoms with Crippen molar-refractivity contribution in [1.29, 1.82) is 0 Å². The molecule has 0 unspecified atom stereocenters. The molecule has 144 valence electrons. The van der Waals surface area contributed by atoms with Crippen molar-refractivity contribution < 1.29 is 4.79 Å². The van der Waals surface area contributed by atoms with Gasteiger partial charge in [-0.05, 0) is 50.1 Å². The molecule has 0 saturated heterocycles. The summed E-state index contributed by atoms with van der Waals surface area (Å²) in [7, 11) is 1.95. The van der Waals surface area contributed by atoms with Crippen LogP contribution in [0.1, 0.15) is 48.0 Å². The van der Waals surface area contributed by atoms with E-state index in [9.17, 15) is 4.79 Å². The fourth-order valence-electron chi connectivity index (χ4n) is 4.11. The van der Waals surface area contributed by atoms with Crippen molar-refractivity contribution in [2.45, 2.75) is 45.1 Å². The number of pyridine rings is 1. The summed E-state index contributed by atoms with van der Waals surface area (Å²) in [5.41, 5.74) is 4.46. The average molecular weight is 393 g/mol. The number of hydrogen-bond donors (Lipinski definition) is 0. The molecule has 0 N–H and O–H groups in total. The van der Waals surface area contributed by atoms with Crippen LogP contribution in [0.5, 0.6) is 0 Å². The van der Waals surface area contributed by atoms with Gasteiger partial charge in [-0.2, -0.15) is 0 Å². The standard InChI is InChI=1S/C24H25ClN2O/c1-16-8-13-22-20(14-16)21(24(28)27(2)19-6-4-3-5-7-19)15-23(26-22)17-9-11-18(25)12-10-17/h8-15,19H,3-7H2,1-2H3. The summed E-state index contributed by atoms with van der Waals surface area (Å²) in [5.74, 6) is 0.0834. The molecule has 0 atom stereocenters. The second-order valence-electron chi connectivity index (χ2n) is 7.79. The van der Waals surface area contributed by atoms with Crippen LogP contribution in [-0.2, 0) is 0 Å². The highest BCUT2D eigenvalue weighted by atomic mass is 35.5. The lowest BCUT2D eigenvalue weighted by Crippen LogP contribution is -2.38.